The van der Waals surface area contributed by atoms with Gasteiger partial charge in [0.25, 0.3) is 0 Å². The Morgan fingerprint density at radius 3 is 2.88 bits per heavy atom. The summed E-state index contributed by atoms with van der Waals surface area (Å²) in [5, 5.41) is 18.0. The number of hydrogen-bond donors (Lipinski definition) is 2. The number of anilines is 1. The fourth-order valence-electron chi connectivity index (χ4n) is 2.18. The standard InChI is InChI=1S/C12H15NO3/c14-6-5-13-8-10(12(15)16)7-9-3-1-2-4-11(9)13/h1-4,10,14H,5-8H2,(H,15,16). The van der Waals surface area contributed by atoms with Crippen LogP contribution in [-0.4, -0.2) is 35.9 Å². The van der Waals surface area contributed by atoms with Crippen LogP contribution in [0.5, 0.6) is 0 Å². The number of aliphatic hydroxyl groups excluding tert-OH is 1. The highest BCUT2D eigenvalue weighted by molar-refractivity contribution is 5.73. The van der Waals surface area contributed by atoms with Crippen molar-refractivity contribution >= 4 is 11.7 Å². The molecule has 0 saturated carbocycles. The fraction of sp³-hybridized carbons (Fsp3) is 0.417. The van der Waals surface area contributed by atoms with Crippen LogP contribution < -0.4 is 4.90 Å². The monoisotopic (exact) mass is 221 g/mol. The summed E-state index contributed by atoms with van der Waals surface area (Å²) in [6.07, 6.45) is 0.577. The highest BCUT2D eigenvalue weighted by Crippen LogP contribution is 2.29. The van der Waals surface area contributed by atoms with Crippen LogP contribution in [-0.2, 0) is 11.2 Å². The zero-order valence-electron chi connectivity index (χ0n) is 8.97. The van der Waals surface area contributed by atoms with E-state index in [0.717, 1.165) is 11.3 Å². The third-order valence-electron chi connectivity index (χ3n) is 2.96. The Bertz CT molecular complexity index is 392. The molecule has 86 valence electrons. The zero-order chi connectivity index (χ0) is 11.5. The van der Waals surface area contributed by atoms with Crippen LogP contribution in [0, 0.1) is 5.92 Å². The lowest BCUT2D eigenvalue weighted by atomic mass is 9.92. The van der Waals surface area contributed by atoms with E-state index in [4.69, 9.17) is 10.2 Å². The van der Waals surface area contributed by atoms with Crippen molar-refractivity contribution < 1.29 is 15.0 Å². The number of nitrogens with zero attached hydrogens (tertiary/aromatic N) is 1. The van der Waals surface area contributed by atoms with E-state index in [1.165, 1.54) is 0 Å². The summed E-state index contributed by atoms with van der Waals surface area (Å²) in [6, 6.07) is 7.78. The first-order chi connectivity index (χ1) is 7.72. The fourth-order valence-corrected chi connectivity index (χ4v) is 2.18. The molecule has 1 atom stereocenters. The molecule has 1 aromatic rings. The summed E-state index contributed by atoms with van der Waals surface area (Å²) >= 11 is 0. The minimum atomic E-state index is -0.766. The molecule has 0 fully saturated rings. The summed E-state index contributed by atoms with van der Waals surface area (Å²) < 4.78 is 0. The number of para-hydroxylation sites is 1. The lowest BCUT2D eigenvalue weighted by molar-refractivity contribution is -0.141. The molecule has 4 nitrogen and oxygen atoms in total. The van der Waals surface area contributed by atoms with Gasteiger partial charge in [-0.1, -0.05) is 18.2 Å². The van der Waals surface area contributed by atoms with Crippen LogP contribution in [0.15, 0.2) is 24.3 Å². The Morgan fingerprint density at radius 2 is 2.19 bits per heavy atom. The van der Waals surface area contributed by atoms with E-state index >= 15 is 0 Å². The van der Waals surface area contributed by atoms with Crippen molar-refractivity contribution in [3.8, 4) is 0 Å². The first-order valence-corrected chi connectivity index (χ1v) is 5.39. The van der Waals surface area contributed by atoms with Gasteiger partial charge in [-0.2, -0.15) is 0 Å². The van der Waals surface area contributed by atoms with Gasteiger partial charge >= 0.3 is 5.97 Å². The number of rotatable bonds is 3. The van der Waals surface area contributed by atoms with E-state index in [0.29, 0.717) is 19.5 Å². The van der Waals surface area contributed by atoms with Crippen molar-refractivity contribution in [2.75, 3.05) is 24.6 Å². The molecule has 0 radical (unpaired) electrons. The Labute approximate surface area is 94.1 Å². The lowest BCUT2D eigenvalue weighted by Crippen LogP contribution is -2.40. The molecule has 1 aliphatic heterocycles. The van der Waals surface area contributed by atoms with Gasteiger partial charge in [0.05, 0.1) is 12.5 Å². The van der Waals surface area contributed by atoms with E-state index in [-0.39, 0.29) is 12.5 Å². The highest BCUT2D eigenvalue weighted by Gasteiger charge is 2.28. The number of aliphatic hydroxyl groups is 1. The maximum Gasteiger partial charge on any atom is 0.308 e. The number of carboxylic acids is 1. The van der Waals surface area contributed by atoms with Crippen LogP contribution in [0.4, 0.5) is 5.69 Å². The second-order valence-corrected chi connectivity index (χ2v) is 4.04. The van der Waals surface area contributed by atoms with E-state index in [9.17, 15) is 4.79 Å². The van der Waals surface area contributed by atoms with Crippen molar-refractivity contribution in [2.24, 2.45) is 5.92 Å². The van der Waals surface area contributed by atoms with Gasteiger partial charge in [0.1, 0.15) is 0 Å². The van der Waals surface area contributed by atoms with Gasteiger partial charge in [0.15, 0.2) is 0 Å². The van der Waals surface area contributed by atoms with E-state index in [2.05, 4.69) is 0 Å². The van der Waals surface area contributed by atoms with Gasteiger partial charge in [-0.15, -0.1) is 0 Å². The summed E-state index contributed by atoms with van der Waals surface area (Å²) in [4.78, 5) is 13.0. The molecule has 0 bridgehead atoms. The average Bonchev–Trinajstić information content (AvgIpc) is 2.29. The minimum absolute atomic E-state index is 0.0423. The first-order valence-electron chi connectivity index (χ1n) is 5.39. The second-order valence-electron chi connectivity index (χ2n) is 4.04. The molecule has 2 N–H and O–H groups in total. The van der Waals surface area contributed by atoms with E-state index in [1.807, 2.05) is 29.2 Å². The van der Waals surface area contributed by atoms with Gasteiger partial charge in [0, 0.05) is 18.8 Å². The topological polar surface area (TPSA) is 60.8 Å². The molecule has 0 spiro atoms. The molecule has 0 aromatic heterocycles. The van der Waals surface area contributed by atoms with Crippen molar-refractivity contribution in [1.82, 2.24) is 0 Å². The molecular formula is C12H15NO3. The van der Waals surface area contributed by atoms with Gasteiger partial charge in [-0.05, 0) is 18.1 Å². The lowest BCUT2D eigenvalue weighted by Gasteiger charge is -2.34. The Hall–Kier alpha value is -1.55. The molecule has 4 heteroatoms. The predicted molar refractivity (Wildman–Crippen MR) is 60.6 cm³/mol. The number of fused-ring (bicyclic) bond motifs is 1. The maximum absolute atomic E-state index is 11.0. The molecule has 0 aliphatic carbocycles. The predicted octanol–water partition coefficient (Wildman–Crippen LogP) is 0.742. The second kappa shape index (κ2) is 4.53. The molecule has 2 rings (SSSR count). The largest absolute Gasteiger partial charge is 0.481 e. The van der Waals surface area contributed by atoms with E-state index < -0.39 is 5.97 Å². The molecule has 0 amide bonds. The van der Waals surface area contributed by atoms with Crippen LogP contribution in [0.1, 0.15) is 5.56 Å². The average molecular weight is 221 g/mol. The molecule has 1 unspecified atom stereocenters. The Morgan fingerprint density at radius 1 is 1.44 bits per heavy atom. The number of carboxylic acid groups (broad SMARTS) is 1. The molecule has 1 aromatic carbocycles. The van der Waals surface area contributed by atoms with Crippen molar-refractivity contribution in [2.45, 2.75) is 6.42 Å². The molecular weight excluding hydrogens is 206 g/mol. The smallest absolute Gasteiger partial charge is 0.308 e. The quantitative estimate of drug-likeness (QED) is 0.790. The van der Waals surface area contributed by atoms with Crippen molar-refractivity contribution in [1.29, 1.82) is 0 Å². The van der Waals surface area contributed by atoms with Crippen LogP contribution >= 0.6 is 0 Å². The number of benzene rings is 1. The Kier molecular flexibility index (Phi) is 3.10. The van der Waals surface area contributed by atoms with Gasteiger partial charge in [0.2, 0.25) is 0 Å². The molecule has 16 heavy (non-hydrogen) atoms. The third-order valence-corrected chi connectivity index (χ3v) is 2.96. The highest BCUT2D eigenvalue weighted by atomic mass is 16.4. The number of β-amino-alcohol motifs (C(OH)–C–C–N with tert-alkyl or cyclic N) is 1. The zero-order valence-corrected chi connectivity index (χ0v) is 8.97. The number of aliphatic carboxylic acids is 1. The third kappa shape index (κ3) is 2.02. The first kappa shape index (κ1) is 11.0. The van der Waals surface area contributed by atoms with Gasteiger partial charge in [-0.25, -0.2) is 0 Å². The number of carbonyl (C=O) groups is 1. The summed E-state index contributed by atoms with van der Waals surface area (Å²) in [5.41, 5.74) is 2.10. The summed E-state index contributed by atoms with van der Waals surface area (Å²) in [5.74, 6) is -1.14. The van der Waals surface area contributed by atoms with Crippen LogP contribution in [0.2, 0.25) is 0 Å². The maximum atomic E-state index is 11.0. The van der Waals surface area contributed by atoms with E-state index in [1.54, 1.807) is 0 Å². The van der Waals surface area contributed by atoms with Crippen LogP contribution in [0.25, 0.3) is 0 Å². The SMILES string of the molecule is O=C(O)C1Cc2ccccc2N(CCO)C1. The molecule has 1 heterocycles. The molecule has 0 saturated heterocycles. The van der Waals surface area contributed by atoms with Crippen molar-refractivity contribution in [3.63, 3.8) is 0 Å². The Balaban J connectivity index is 2.29. The van der Waals surface area contributed by atoms with Crippen molar-refractivity contribution in [3.05, 3.63) is 29.8 Å². The summed E-state index contributed by atoms with van der Waals surface area (Å²) in [7, 11) is 0. The number of hydrogen-bond acceptors (Lipinski definition) is 3. The minimum Gasteiger partial charge on any atom is -0.481 e. The molecule has 1 aliphatic rings. The van der Waals surface area contributed by atoms with Crippen LogP contribution in [0.3, 0.4) is 0 Å². The van der Waals surface area contributed by atoms with Gasteiger partial charge in [-0.3, -0.25) is 4.79 Å². The van der Waals surface area contributed by atoms with Gasteiger partial charge < -0.3 is 15.1 Å². The normalized spacial score (nSPS) is 19.3. The summed E-state index contributed by atoms with van der Waals surface area (Å²) in [6.45, 7) is 1.01.